The van der Waals surface area contributed by atoms with Crippen LogP contribution in [0.4, 0.5) is 0 Å². The van der Waals surface area contributed by atoms with Gasteiger partial charge in [-0.2, -0.15) is 11.3 Å². The second-order valence-electron chi connectivity index (χ2n) is 6.94. The van der Waals surface area contributed by atoms with E-state index in [1.165, 1.54) is 5.56 Å². The lowest BCUT2D eigenvalue weighted by molar-refractivity contribution is -0.132. The fourth-order valence-corrected chi connectivity index (χ4v) is 4.46. The van der Waals surface area contributed by atoms with E-state index in [9.17, 15) is 4.79 Å². The molecule has 2 fully saturated rings. The van der Waals surface area contributed by atoms with E-state index < -0.39 is 0 Å². The van der Waals surface area contributed by atoms with E-state index in [0.29, 0.717) is 24.9 Å². The highest BCUT2D eigenvalue weighted by Gasteiger charge is 2.49. The van der Waals surface area contributed by atoms with Gasteiger partial charge in [0.1, 0.15) is 0 Å². The molecule has 2 unspecified atom stereocenters. The lowest BCUT2D eigenvalue weighted by atomic mass is 9.85. The minimum Gasteiger partial charge on any atom is -0.340 e. The largest absolute Gasteiger partial charge is 0.340 e. The van der Waals surface area contributed by atoms with Gasteiger partial charge in [-0.05, 0) is 54.6 Å². The highest BCUT2D eigenvalue weighted by atomic mass is 32.1. The summed E-state index contributed by atoms with van der Waals surface area (Å²) in [5.74, 6) is 1.60. The number of rotatable bonds is 4. The van der Waals surface area contributed by atoms with E-state index in [2.05, 4.69) is 40.9 Å². The van der Waals surface area contributed by atoms with Gasteiger partial charge >= 0.3 is 0 Å². The van der Waals surface area contributed by atoms with Gasteiger partial charge in [0.05, 0.1) is 6.54 Å². The molecule has 4 nitrogen and oxygen atoms in total. The van der Waals surface area contributed by atoms with Gasteiger partial charge in [0.2, 0.25) is 5.91 Å². The van der Waals surface area contributed by atoms with Crippen LogP contribution in [0.15, 0.2) is 16.8 Å². The first-order valence-corrected chi connectivity index (χ1v) is 8.63. The third kappa shape index (κ3) is 2.87. The summed E-state index contributed by atoms with van der Waals surface area (Å²) < 4.78 is 0. The summed E-state index contributed by atoms with van der Waals surface area (Å²) in [7, 11) is 1.91. The van der Waals surface area contributed by atoms with Crippen molar-refractivity contribution in [3.05, 3.63) is 22.4 Å². The molecule has 0 aromatic carbocycles. The van der Waals surface area contributed by atoms with Gasteiger partial charge in [-0.25, -0.2) is 0 Å². The highest BCUT2D eigenvalue weighted by Crippen LogP contribution is 2.40. The number of carbonyl (C=O) groups is 1. The molecule has 1 aromatic rings. The van der Waals surface area contributed by atoms with Gasteiger partial charge < -0.3 is 10.2 Å². The molecule has 5 heteroatoms. The van der Waals surface area contributed by atoms with Crippen molar-refractivity contribution in [1.82, 2.24) is 15.1 Å². The van der Waals surface area contributed by atoms with E-state index in [0.717, 1.165) is 19.6 Å². The third-order valence-electron chi connectivity index (χ3n) is 5.27. The first-order valence-electron chi connectivity index (χ1n) is 7.69. The zero-order valence-corrected chi connectivity index (χ0v) is 13.9. The molecule has 21 heavy (non-hydrogen) atoms. The topological polar surface area (TPSA) is 35.6 Å². The van der Waals surface area contributed by atoms with Gasteiger partial charge in [-0.3, -0.25) is 9.69 Å². The minimum atomic E-state index is 0.118. The van der Waals surface area contributed by atoms with Gasteiger partial charge in [-0.15, -0.1) is 0 Å². The van der Waals surface area contributed by atoms with Crippen LogP contribution in [0, 0.1) is 11.8 Å². The van der Waals surface area contributed by atoms with Crippen LogP contribution in [-0.4, -0.2) is 54.5 Å². The molecule has 1 aromatic heterocycles. The number of amides is 1. The molecule has 3 heterocycles. The number of thiophene rings is 1. The maximum atomic E-state index is 12.5. The van der Waals surface area contributed by atoms with Crippen molar-refractivity contribution in [2.24, 2.45) is 11.8 Å². The molecule has 3 rings (SSSR count). The predicted octanol–water partition coefficient (Wildman–Crippen LogP) is 1.64. The Bertz CT molecular complexity index is 500. The van der Waals surface area contributed by atoms with Crippen LogP contribution >= 0.6 is 11.3 Å². The highest BCUT2D eigenvalue weighted by molar-refractivity contribution is 7.07. The van der Waals surface area contributed by atoms with E-state index >= 15 is 0 Å². The average Bonchev–Trinajstić information content (AvgIpc) is 3.11. The monoisotopic (exact) mass is 307 g/mol. The molecule has 116 valence electrons. The molecule has 0 saturated carbocycles. The van der Waals surface area contributed by atoms with Crippen LogP contribution in [0.1, 0.15) is 19.4 Å². The van der Waals surface area contributed by atoms with E-state index in [1.54, 1.807) is 11.3 Å². The fraction of sp³-hybridized carbons (Fsp3) is 0.688. The smallest absolute Gasteiger partial charge is 0.236 e. The zero-order valence-electron chi connectivity index (χ0n) is 13.1. The molecule has 1 amide bonds. The van der Waals surface area contributed by atoms with Crippen LogP contribution in [0.25, 0.3) is 0 Å². The van der Waals surface area contributed by atoms with Crippen molar-refractivity contribution in [2.75, 3.05) is 33.2 Å². The second kappa shape index (κ2) is 5.71. The normalized spacial score (nSPS) is 27.8. The fourth-order valence-electron chi connectivity index (χ4n) is 3.80. The lowest BCUT2D eigenvalue weighted by Gasteiger charge is -2.36. The van der Waals surface area contributed by atoms with Gasteiger partial charge in [0.15, 0.2) is 0 Å². The number of hydrogen-bond donors (Lipinski definition) is 1. The Morgan fingerprint density at radius 1 is 1.52 bits per heavy atom. The summed E-state index contributed by atoms with van der Waals surface area (Å²) in [6, 6.07) is 2.09. The van der Waals surface area contributed by atoms with Gasteiger partial charge in [-0.1, -0.05) is 0 Å². The minimum absolute atomic E-state index is 0.118. The Balaban J connectivity index is 1.60. The molecule has 1 N–H and O–H groups in total. The Hall–Kier alpha value is -0.910. The van der Waals surface area contributed by atoms with E-state index in [4.69, 9.17) is 0 Å². The molecule has 0 aliphatic carbocycles. The Morgan fingerprint density at radius 2 is 2.33 bits per heavy atom. The predicted molar refractivity (Wildman–Crippen MR) is 86.3 cm³/mol. The quantitative estimate of drug-likeness (QED) is 0.918. The molecule has 2 atom stereocenters. The molecular weight excluding hydrogens is 282 g/mol. The second-order valence-corrected chi connectivity index (χ2v) is 7.72. The maximum Gasteiger partial charge on any atom is 0.236 e. The summed E-state index contributed by atoms with van der Waals surface area (Å²) in [6.45, 7) is 9.07. The first kappa shape index (κ1) is 15.0. The number of carbonyl (C=O) groups excluding carboxylic acids is 1. The van der Waals surface area contributed by atoms with Crippen LogP contribution in [0.3, 0.4) is 0 Å². The van der Waals surface area contributed by atoms with Gasteiger partial charge in [0.25, 0.3) is 0 Å². The maximum absolute atomic E-state index is 12.5. The summed E-state index contributed by atoms with van der Waals surface area (Å²) in [4.78, 5) is 16.7. The summed E-state index contributed by atoms with van der Waals surface area (Å²) in [5.41, 5.74) is 1.34. The Morgan fingerprint density at radius 3 is 3.00 bits per heavy atom. The van der Waals surface area contributed by atoms with Crippen LogP contribution < -0.4 is 5.32 Å². The molecule has 2 aliphatic rings. The summed E-state index contributed by atoms with van der Waals surface area (Å²) in [6.07, 6.45) is 0. The zero-order chi connectivity index (χ0) is 15.0. The molecule has 0 bridgehead atoms. The average molecular weight is 307 g/mol. The number of fused-ring (bicyclic) bond motifs is 1. The van der Waals surface area contributed by atoms with Crippen molar-refractivity contribution in [3.8, 4) is 0 Å². The van der Waals surface area contributed by atoms with Crippen molar-refractivity contribution >= 4 is 17.2 Å². The Kier molecular flexibility index (Phi) is 4.08. The van der Waals surface area contributed by atoms with Crippen molar-refractivity contribution in [2.45, 2.75) is 25.9 Å². The Labute approximate surface area is 131 Å². The number of nitrogens with one attached hydrogen (secondary N) is 1. The van der Waals surface area contributed by atoms with Crippen LogP contribution in [0.5, 0.6) is 0 Å². The molecule has 2 aliphatic heterocycles. The number of hydrogen-bond acceptors (Lipinski definition) is 4. The molecule has 2 saturated heterocycles. The van der Waals surface area contributed by atoms with E-state index in [1.807, 2.05) is 11.9 Å². The molecule has 0 spiro atoms. The number of likely N-dealkylation sites (tertiary alicyclic amines) is 1. The summed E-state index contributed by atoms with van der Waals surface area (Å²) >= 11 is 1.68. The molecule has 0 radical (unpaired) electrons. The third-order valence-corrected chi connectivity index (χ3v) is 6.00. The number of likely N-dealkylation sites (N-methyl/N-ethyl adjacent to an activating group) is 1. The standard InChI is InChI=1S/C16H25N3OS/c1-16(2)14-7-17-6-13(14)9-19(16)10-15(20)18(3)8-12-4-5-21-11-12/h4-5,11,13-14,17H,6-10H2,1-3H3. The van der Waals surface area contributed by atoms with Gasteiger partial charge in [0, 0.05) is 32.2 Å². The van der Waals surface area contributed by atoms with E-state index in [-0.39, 0.29) is 11.4 Å². The molecular formula is C16H25N3OS. The van der Waals surface area contributed by atoms with Crippen LogP contribution in [-0.2, 0) is 11.3 Å². The lowest BCUT2D eigenvalue weighted by Crippen LogP contribution is -2.48. The van der Waals surface area contributed by atoms with Crippen molar-refractivity contribution < 1.29 is 4.79 Å². The van der Waals surface area contributed by atoms with Crippen molar-refractivity contribution in [1.29, 1.82) is 0 Å². The number of nitrogens with zero attached hydrogens (tertiary/aromatic N) is 2. The van der Waals surface area contributed by atoms with Crippen molar-refractivity contribution in [3.63, 3.8) is 0 Å². The first-order chi connectivity index (χ1) is 9.98. The summed E-state index contributed by atoms with van der Waals surface area (Å²) in [5, 5.41) is 7.66. The van der Waals surface area contributed by atoms with Crippen LogP contribution in [0.2, 0.25) is 0 Å². The SMILES string of the molecule is CN(Cc1ccsc1)C(=O)CN1CC2CNCC2C1(C)C.